The molecule has 0 aliphatic rings. The molecule has 0 heterocycles. The number of quaternary nitrogens is 1. The highest BCUT2D eigenvalue weighted by atomic mass is 16.0. The molecule has 3 aromatic rings. The summed E-state index contributed by atoms with van der Waals surface area (Å²) in [5.74, 6) is 0. The molecule has 0 atom stereocenters. The first-order chi connectivity index (χ1) is 13.3. The second-order valence-corrected chi connectivity index (χ2v) is 7.70. The molecule has 1 N–H and O–H groups in total. The number of nitrogens with zero attached hydrogens (tertiary/aromatic N) is 1. The van der Waals surface area contributed by atoms with E-state index in [9.17, 15) is 0 Å². The van der Waals surface area contributed by atoms with Gasteiger partial charge in [-0.05, 0) is 12.8 Å². The van der Waals surface area contributed by atoms with Crippen LogP contribution in [0.3, 0.4) is 0 Å². The third-order valence-electron chi connectivity index (χ3n) is 5.32. The van der Waals surface area contributed by atoms with E-state index in [-0.39, 0.29) is 5.48 Å². The molecule has 0 aliphatic carbocycles. The van der Waals surface area contributed by atoms with Gasteiger partial charge in [-0.15, -0.1) is 0 Å². The van der Waals surface area contributed by atoms with Crippen molar-refractivity contribution < 1.29 is 9.96 Å². The van der Waals surface area contributed by atoms with Gasteiger partial charge in [-0.3, -0.25) is 0 Å². The monoisotopic (exact) mass is 375 g/mol. The van der Waals surface area contributed by atoms with E-state index in [0.717, 1.165) is 24.1 Å². The third-order valence-corrected chi connectivity index (χ3v) is 5.32. The lowest BCUT2D eigenvalue weighted by molar-refractivity contribution is -0.966. The standard InChI is InChI=1S/C26H32N.H2O/c1-2-3-13-20-27(21-24-14-7-4-8-15-24,22-25-16-9-5-10-17-25)23-26-18-11-6-12-19-26;/h4-12,14-19H,2-3,13,20-23H2,1H3;1H2/q+1;/p-1. The largest absolute Gasteiger partial charge is 0.870 e. The molecule has 0 saturated heterocycles. The molecule has 0 bridgehead atoms. The summed E-state index contributed by atoms with van der Waals surface area (Å²) in [5.41, 5.74) is 4.29. The Kier molecular flexibility index (Phi) is 8.93. The van der Waals surface area contributed by atoms with Gasteiger partial charge in [0.05, 0.1) is 6.54 Å². The third kappa shape index (κ3) is 6.63. The molecule has 0 aliphatic heterocycles. The fourth-order valence-corrected chi connectivity index (χ4v) is 4.01. The van der Waals surface area contributed by atoms with Crippen LogP contribution in [0, 0.1) is 0 Å². The highest BCUT2D eigenvalue weighted by Gasteiger charge is 2.28. The molecular weight excluding hydrogens is 342 g/mol. The summed E-state index contributed by atoms with van der Waals surface area (Å²) >= 11 is 0. The minimum absolute atomic E-state index is 0. The van der Waals surface area contributed by atoms with E-state index in [1.54, 1.807) is 0 Å². The van der Waals surface area contributed by atoms with E-state index in [0.29, 0.717) is 0 Å². The molecule has 0 fully saturated rings. The Bertz CT molecular complexity index is 670. The van der Waals surface area contributed by atoms with Gasteiger partial charge in [0.1, 0.15) is 19.6 Å². The van der Waals surface area contributed by atoms with Crippen LogP contribution in [-0.4, -0.2) is 16.5 Å². The van der Waals surface area contributed by atoms with Crippen molar-refractivity contribution in [3.8, 4) is 0 Å². The average molecular weight is 376 g/mol. The van der Waals surface area contributed by atoms with Crippen molar-refractivity contribution in [2.75, 3.05) is 6.54 Å². The summed E-state index contributed by atoms with van der Waals surface area (Å²) in [4.78, 5) is 0. The van der Waals surface area contributed by atoms with Gasteiger partial charge in [-0.2, -0.15) is 0 Å². The zero-order chi connectivity index (χ0) is 18.8. The van der Waals surface area contributed by atoms with Crippen LogP contribution < -0.4 is 0 Å². The Morgan fingerprint density at radius 1 is 0.536 bits per heavy atom. The fraction of sp³-hybridized carbons (Fsp3) is 0.308. The van der Waals surface area contributed by atoms with Gasteiger partial charge >= 0.3 is 0 Å². The first kappa shape index (κ1) is 21.9. The number of unbranched alkanes of at least 4 members (excludes halogenated alkanes) is 2. The molecule has 0 aromatic heterocycles. The maximum Gasteiger partial charge on any atom is 0.105 e. The summed E-state index contributed by atoms with van der Waals surface area (Å²) in [6.07, 6.45) is 3.85. The van der Waals surface area contributed by atoms with E-state index >= 15 is 0 Å². The minimum Gasteiger partial charge on any atom is -0.870 e. The van der Waals surface area contributed by atoms with Gasteiger partial charge < -0.3 is 9.96 Å². The van der Waals surface area contributed by atoms with Gasteiger partial charge in [-0.25, -0.2) is 0 Å². The smallest absolute Gasteiger partial charge is 0.105 e. The first-order valence-corrected chi connectivity index (χ1v) is 10.3. The van der Waals surface area contributed by atoms with Crippen molar-refractivity contribution >= 4 is 0 Å². The minimum atomic E-state index is 0. The molecule has 2 heteroatoms. The fourth-order valence-electron chi connectivity index (χ4n) is 4.01. The zero-order valence-corrected chi connectivity index (χ0v) is 17.0. The Labute approximate surface area is 170 Å². The highest BCUT2D eigenvalue weighted by Crippen LogP contribution is 2.25. The van der Waals surface area contributed by atoms with Crippen LogP contribution in [0.25, 0.3) is 0 Å². The van der Waals surface area contributed by atoms with Crippen molar-refractivity contribution in [2.45, 2.75) is 45.8 Å². The summed E-state index contributed by atoms with van der Waals surface area (Å²) < 4.78 is 1.08. The van der Waals surface area contributed by atoms with Crippen molar-refractivity contribution in [1.82, 2.24) is 0 Å². The Balaban J connectivity index is 0.00000280. The van der Waals surface area contributed by atoms with E-state index in [1.165, 1.54) is 42.5 Å². The topological polar surface area (TPSA) is 30.0 Å². The second kappa shape index (κ2) is 11.4. The molecule has 0 unspecified atom stereocenters. The summed E-state index contributed by atoms with van der Waals surface area (Å²) in [6.45, 7) is 6.74. The maximum atomic E-state index is 2.29. The summed E-state index contributed by atoms with van der Waals surface area (Å²) in [6, 6.07) is 33.0. The van der Waals surface area contributed by atoms with Gasteiger partial charge in [0.2, 0.25) is 0 Å². The van der Waals surface area contributed by atoms with E-state index in [2.05, 4.69) is 97.9 Å². The lowest BCUT2D eigenvalue weighted by Crippen LogP contribution is -2.46. The van der Waals surface area contributed by atoms with Crippen LogP contribution in [0.15, 0.2) is 91.0 Å². The Morgan fingerprint density at radius 2 is 0.893 bits per heavy atom. The van der Waals surface area contributed by atoms with Gasteiger partial charge in [-0.1, -0.05) is 104 Å². The molecular formula is C26H33NO. The SMILES string of the molecule is CCCCC[N+](Cc1ccccc1)(Cc1ccccc1)Cc1ccccc1.[OH-]. The summed E-state index contributed by atoms with van der Waals surface area (Å²) in [7, 11) is 0. The van der Waals surface area contributed by atoms with Crippen molar-refractivity contribution in [3.63, 3.8) is 0 Å². The van der Waals surface area contributed by atoms with Gasteiger partial charge in [0, 0.05) is 16.7 Å². The predicted molar refractivity (Wildman–Crippen MR) is 117 cm³/mol. The maximum absolute atomic E-state index is 2.29. The molecule has 0 amide bonds. The van der Waals surface area contributed by atoms with Crippen LogP contribution >= 0.6 is 0 Å². The van der Waals surface area contributed by atoms with Crippen LogP contribution in [0.2, 0.25) is 0 Å². The van der Waals surface area contributed by atoms with Crippen molar-refractivity contribution in [3.05, 3.63) is 108 Å². The molecule has 148 valence electrons. The first-order valence-electron chi connectivity index (χ1n) is 10.3. The quantitative estimate of drug-likeness (QED) is 0.297. The number of rotatable bonds is 10. The number of benzene rings is 3. The zero-order valence-electron chi connectivity index (χ0n) is 17.0. The molecule has 0 spiro atoms. The number of hydrogen-bond donors (Lipinski definition) is 0. The molecule has 2 nitrogen and oxygen atoms in total. The van der Waals surface area contributed by atoms with Crippen LogP contribution in [-0.2, 0) is 19.6 Å². The molecule has 3 rings (SSSR count). The Hall–Kier alpha value is -2.42. The van der Waals surface area contributed by atoms with E-state index in [4.69, 9.17) is 0 Å². The lowest BCUT2D eigenvalue weighted by atomic mass is 10.1. The second-order valence-electron chi connectivity index (χ2n) is 7.70. The molecule has 28 heavy (non-hydrogen) atoms. The van der Waals surface area contributed by atoms with Crippen molar-refractivity contribution in [1.29, 1.82) is 0 Å². The predicted octanol–water partition coefficient (Wildman–Crippen LogP) is 6.42. The molecule has 0 radical (unpaired) electrons. The van der Waals surface area contributed by atoms with Gasteiger partial charge in [0.15, 0.2) is 0 Å². The van der Waals surface area contributed by atoms with E-state index in [1.807, 2.05) is 0 Å². The number of hydrogen-bond acceptors (Lipinski definition) is 1. The van der Waals surface area contributed by atoms with Crippen LogP contribution in [0.5, 0.6) is 0 Å². The lowest BCUT2D eigenvalue weighted by Gasteiger charge is -2.39. The normalized spacial score (nSPS) is 11.0. The van der Waals surface area contributed by atoms with Crippen LogP contribution in [0.1, 0.15) is 42.9 Å². The molecule has 3 aromatic carbocycles. The highest BCUT2D eigenvalue weighted by molar-refractivity contribution is 5.17. The van der Waals surface area contributed by atoms with E-state index < -0.39 is 0 Å². The molecule has 0 saturated carbocycles. The van der Waals surface area contributed by atoms with Gasteiger partial charge in [0.25, 0.3) is 0 Å². The van der Waals surface area contributed by atoms with Crippen LogP contribution in [0.4, 0.5) is 0 Å². The summed E-state index contributed by atoms with van der Waals surface area (Å²) in [5, 5.41) is 0. The van der Waals surface area contributed by atoms with Crippen molar-refractivity contribution in [2.24, 2.45) is 0 Å². The Morgan fingerprint density at radius 3 is 1.21 bits per heavy atom. The average Bonchev–Trinajstić information content (AvgIpc) is 2.70.